The average Bonchev–Trinajstić information content (AvgIpc) is 2.45. The number of anilines is 1. The molecule has 1 rings (SSSR count). The SMILES string of the molecule is CCN(CC)C(=O)CNc1ccccc1C(=O)OC. The second-order valence-corrected chi connectivity index (χ2v) is 3.96. The van der Waals surface area contributed by atoms with Crippen LogP contribution in [0.1, 0.15) is 24.2 Å². The van der Waals surface area contributed by atoms with Crippen LogP contribution in [0.5, 0.6) is 0 Å². The molecule has 0 heterocycles. The van der Waals surface area contributed by atoms with Crippen molar-refractivity contribution in [1.29, 1.82) is 0 Å². The molecule has 0 fully saturated rings. The Hall–Kier alpha value is -2.04. The fourth-order valence-corrected chi connectivity index (χ4v) is 1.78. The minimum absolute atomic E-state index is 0.00432. The van der Waals surface area contributed by atoms with E-state index in [0.29, 0.717) is 24.3 Å². The molecular formula is C14H20N2O3. The summed E-state index contributed by atoms with van der Waals surface area (Å²) in [6, 6.07) is 6.97. The minimum Gasteiger partial charge on any atom is -0.465 e. The zero-order valence-electron chi connectivity index (χ0n) is 11.6. The van der Waals surface area contributed by atoms with Crippen molar-refractivity contribution in [2.75, 3.05) is 32.1 Å². The summed E-state index contributed by atoms with van der Waals surface area (Å²) in [6.07, 6.45) is 0. The summed E-state index contributed by atoms with van der Waals surface area (Å²) in [4.78, 5) is 25.2. The molecule has 1 amide bonds. The van der Waals surface area contributed by atoms with Crippen LogP contribution in [0, 0.1) is 0 Å². The summed E-state index contributed by atoms with van der Waals surface area (Å²) in [5, 5.41) is 2.99. The minimum atomic E-state index is -0.418. The maximum atomic E-state index is 11.9. The van der Waals surface area contributed by atoms with Crippen molar-refractivity contribution < 1.29 is 14.3 Å². The highest BCUT2D eigenvalue weighted by molar-refractivity contribution is 5.96. The van der Waals surface area contributed by atoms with Gasteiger partial charge in [0.05, 0.1) is 19.2 Å². The van der Waals surface area contributed by atoms with Crippen molar-refractivity contribution >= 4 is 17.6 Å². The van der Waals surface area contributed by atoms with Crippen molar-refractivity contribution in [3.63, 3.8) is 0 Å². The lowest BCUT2D eigenvalue weighted by Crippen LogP contribution is -2.35. The number of esters is 1. The number of nitrogens with one attached hydrogen (secondary N) is 1. The number of carbonyl (C=O) groups is 2. The third-order valence-electron chi connectivity index (χ3n) is 2.88. The Bertz CT molecular complexity index is 442. The third-order valence-corrected chi connectivity index (χ3v) is 2.88. The molecule has 1 aromatic carbocycles. The summed E-state index contributed by atoms with van der Waals surface area (Å²) < 4.78 is 4.70. The van der Waals surface area contributed by atoms with Crippen molar-refractivity contribution in [2.24, 2.45) is 0 Å². The van der Waals surface area contributed by atoms with Gasteiger partial charge in [-0.2, -0.15) is 0 Å². The molecule has 0 unspecified atom stereocenters. The Balaban J connectivity index is 2.73. The summed E-state index contributed by atoms with van der Waals surface area (Å²) in [5.41, 5.74) is 1.03. The van der Waals surface area contributed by atoms with Crippen LogP contribution in [0.2, 0.25) is 0 Å². The summed E-state index contributed by atoms with van der Waals surface area (Å²) in [6.45, 7) is 5.38. The van der Waals surface area contributed by atoms with Crippen LogP contribution < -0.4 is 5.32 Å². The predicted molar refractivity (Wildman–Crippen MR) is 74.2 cm³/mol. The second-order valence-electron chi connectivity index (χ2n) is 3.96. The van der Waals surface area contributed by atoms with Gasteiger partial charge in [0.15, 0.2) is 0 Å². The van der Waals surface area contributed by atoms with Gasteiger partial charge in [-0.15, -0.1) is 0 Å². The quantitative estimate of drug-likeness (QED) is 0.795. The summed E-state index contributed by atoms with van der Waals surface area (Å²) in [5.74, 6) is -0.414. The molecule has 0 saturated heterocycles. The van der Waals surface area contributed by atoms with Gasteiger partial charge >= 0.3 is 5.97 Å². The van der Waals surface area contributed by atoms with Gasteiger partial charge in [0, 0.05) is 18.8 Å². The van der Waals surface area contributed by atoms with Crippen LogP contribution in [-0.2, 0) is 9.53 Å². The second kappa shape index (κ2) is 7.41. The van der Waals surface area contributed by atoms with Gasteiger partial charge in [0.25, 0.3) is 0 Å². The van der Waals surface area contributed by atoms with Gasteiger partial charge in [0.1, 0.15) is 0 Å². The average molecular weight is 264 g/mol. The predicted octanol–water partition coefficient (Wildman–Crippen LogP) is 1.75. The largest absolute Gasteiger partial charge is 0.465 e. The Labute approximate surface area is 113 Å². The van der Waals surface area contributed by atoms with Gasteiger partial charge in [-0.05, 0) is 26.0 Å². The molecule has 0 saturated carbocycles. The van der Waals surface area contributed by atoms with E-state index in [1.807, 2.05) is 13.8 Å². The lowest BCUT2D eigenvalue weighted by molar-refractivity contribution is -0.128. The van der Waals surface area contributed by atoms with E-state index in [2.05, 4.69) is 5.32 Å². The number of hydrogen-bond acceptors (Lipinski definition) is 4. The highest BCUT2D eigenvalue weighted by Crippen LogP contribution is 2.15. The van der Waals surface area contributed by atoms with E-state index >= 15 is 0 Å². The number of ether oxygens (including phenoxy) is 1. The topological polar surface area (TPSA) is 58.6 Å². The molecule has 5 nitrogen and oxygen atoms in total. The fourth-order valence-electron chi connectivity index (χ4n) is 1.78. The molecule has 0 spiro atoms. The lowest BCUT2D eigenvalue weighted by Gasteiger charge is -2.19. The van der Waals surface area contributed by atoms with E-state index in [9.17, 15) is 9.59 Å². The monoisotopic (exact) mass is 264 g/mol. The van der Waals surface area contributed by atoms with Crippen LogP contribution in [0.25, 0.3) is 0 Å². The van der Waals surface area contributed by atoms with Crippen LogP contribution in [0.3, 0.4) is 0 Å². The van der Waals surface area contributed by atoms with E-state index in [1.165, 1.54) is 7.11 Å². The first-order valence-corrected chi connectivity index (χ1v) is 6.33. The number of rotatable bonds is 6. The molecule has 1 N–H and O–H groups in total. The highest BCUT2D eigenvalue weighted by Gasteiger charge is 2.13. The van der Waals surface area contributed by atoms with Crippen molar-refractivity contribution in [3.8, 4) is 0 Å². The van der Waals surface area contributed by atoms with Crippen LogP contribution in [0.15, 0.2) is 24.3 Å². The molecule has 0 bridgehead atoms. The van der Waals surface area contributed by atoms with Crippen LogP contribution in [-0.4, -0.2) is 43.5 Å². The molecule has 1 aromatic rings. The zero-order chi connectivity index (χ0) is 14.3. The number of benzene rings is 1. The number of para-hydroxylation sites is 1. The van der Waals surface area contributed by atoms with Crippen LogP contribution in [0.4, 0.5) is 5.69 Å². The number of carbonyl (C=O) groups excluding carboxylic acids is 2. The molecule has 0 atom stereocenters. The van der Waals surface area contributed by atoms with Crippen LogP contribution >= 0.6 is 0 Å². The zero-order valence-corrected chi connectivity index (χ0v) is 11.6. The number of amides is 1. The Morgan fingerprint density at radius 3 is 2.42 bits per heavy atom. The molecule has 0 aliphatic heterocycles. The third kappa shape index (κ3) is 3.98. The molecular weight excluding hydrogens is 244 g/mol. The molecule has 0 aliphatic rings. The smallest absolute Gasteiger partial charge is 0.339 e. The number of likely N-dealkylation sites (N-methyl/N-ethyl adjacent to an activating group) is 1. The van der Waals surface area contributed by atoms with E-state index in [1.54, 1.807) is 29.2 Å². The van der Waals surface area contributed by atoms with Gasteiger partial charge in [-0.1, -0.05) is 12.1 Å². The standard InChI is InChI=1S/C14H20N2O3/c1-4-16(5-2)13(17)10-15-12-9-7-6-8-11(12)14(18)19-3/h6-9,15H,4-5,10H2,1-3H3. The Morgan fingerprint density at radius 2 is 1.84 bits per heavy atom. The first-order valence-electron chi connectivity index (χ1n) is 6.33. The van der Waals surface area contributed by atoms with Crippen molar-refractivity contribution in [2.45, 2.75) is 13.8 Å². The summed E-state index contributed by atoms with van der Waals surface area (Å²) >= 11 is 0. The fraction of sp³-hybridized carbons (Fsp3) is 0.429. The molecule has 0 aromatic heterocycles. The Morgan fingerprint density at radius 1 is 1.21 bits per heavy atom. The molecule has 0 aliphatic carbocycles. The van der Waals surface area contributed by atoms with E-state index in [-0.39, 0.29) is 12.5 Å². The normalized spacial score (nSPS) is 9.84. The van der Waals surface area contributed by atoms with Gasteiger partial charge in [-0.25, -0.2) is 4.79 Å². The van der Waals surface area contributed by atoms with E-state index in [0.717, 1.165) is 0 Å². The van der Waals surface area contributed by atoms with E-state index < -0.39 is 5.97 Å². The van der Waals surface area contributed by atoms with Crippen molar-refractivity contribution in [1.82, 2.24) is 4.90 Å². The van der Waals surface area contributed by atoms with Crippen molar-refractivity contribution in [3.05, 3.63) is 29.8 Å². The molecule has 5 heteroatoms. The van der Waals surface area contributed by atoms with Gasteiger partial charge in [-0.3, -0.25) is 4.79 Å². The van der Waals surface area contributed by atoms with Gasteiger partial charge < -0.3 is 15.0 Å². The number of hydrogen-bond donors (Lipinski definition) is 1. The first-order chi connectivity index (χ1) is 9.13. The number of methoxy groups -OCH3 is 1. The molecule has 104 valence electrons. The van der Waals surface area contributed by atoms with Gasteiger partial charge in [0.2, 0.25) is 5.91 Å². The number of nitrogens with zero attached hydrogens (tertiary/aromatic N) is 1. The molecule has 0 radical (unpaired) electrons. The lowest BCUT2D eigenvalue weighted by atomic mass is 10.2. The van der Waals surface area contributed by atoms with E-state index in [4.69, 9.17) is 4.74 Å². The molecule has 19 heavy (non-hydrogen) atoms. The first kappa shape index (κ1) is 15.0. The highest BCUT2D eigenvalue weighted by atomic mass is 16.5. The summed E-state index contributed by atoms with van der Waals surface area (Å²) in [7, 11) is 1.33. The maximum absolute atomic E-state index is 11.9. The Kier molecular flexibility index (Phi) is 5.85. The maximum Gasteiger partial charge on any atom is 0.339 e.